The number of rotatable bonds is 5. The Bertz CT molecular complexity index is 402. The fourth-order valence-corrected chi connectivity index (χ4v) is 2.06. The SMILES string of the molecule is Cc1cc(OC(C)CC(C)C)c([C@@H](C)N)cc1F. The molecule has 0 aliphatic heterocycles. The van der Waals surface area contributed by atoms with E-state index in [0.29, 0.717) is 17.2 Å². The normalized spacial score (nSPS) is 14.7. The monoisotopic (exact) mass is 253 g/mol. The number of aryl methyl sites for hydroxylation is 1. The second kappa shape index (κ2) is 6.19. The summed E-state index contributed by atoms with van der Waals surface area (Å²) in [5.41, 5.74) is 7.18. The number of ether oxygens (including phenoxy) is 1. The van der Waals surface area contributed by atoms with E-state index in [0.717, 1.165) is 12.0 Å². The van der Waals surface area contributed by atoms with Gasteiger partial charge in [0.25, 0.3) is 0 Å². The van der Waals surface area contributed by atoms with Gasteiger partial charge in [-0.15, -0.1) is 0 Å². The molecular formula is C15H24FNO. The van der Waals surface area contributed by atoms with E-state index in [1.54, 1.807) is 13.0 Å². The second-order valence-corrected chi connectivity index (χ2v) is 5.49. The third kappa shape index (κ3) is 3.98. The molecule has 3 heteroatoms. The molecule has 0 radical (unpaired) electrons. The fourth-order valence-electron chi connectivity index (χ4n) is 2.06. The highest BCUT2D eigenvalue weighted by Gasteiger charge is 2.15. The summed E-state index contributed by atoms with van der Waals surface area (Å²) in [7, 11) is 0. The van der Waals surface area contributed by atoms with Gasteiger partial charge in [0.1, 0.15) is 11.6 Å². The van der Waals surface area contributed by atoms with Crippen molar-refractivity contribution in [1.29, 1.82) is 0 Å². The standard InChI is InChI=1S/C15H24FNO/c1-9(2)6-11(4)18-15-7-10(3)14(16)8-13(15)12(5)17/h7-9,11-12H,6,17H2,1-5H3/t11?,12-/m1/s1. The first kappa shape index (κ1) is 15.0. The molecule has 0 heterocycles. The number of hydrogen-bond acceptors (Lipinski definition) is 2. The molecule has 0 aliphatic carbocycles. The van der Waals surface area contributed by atoms with Crippen LogP contribution in [0.15, 0.2) is 12.1 Å². The lowest BCUT2D eigenvalue weighted by Gasteiger charge is -2.21. The molecule has 18 heavy (non-hydrogen) atoms. The molecule has 0 aromatic heterocycles. The Morgan fingerprint density at radius 1 is 1.22 bits per heavy atom. The van der Waals surface area contributed by atoms with Crippen molar-refractivity contribution >= 4 is 0 Å². The molecule has 1 aromatic rings. The molecule has 1 unspecified atom stereocenters. The summed E-state index contributed by atoms with van der Waals surface area (Å²) >= 11 is 0. The maximum atomic E-state index is 13.6. The van der Waals surface area contributed by atoms with Gasteiger partial charge < -0.3 is 10.5 Å². The summed E-state index contributed by atoms with van der Waals surface area (Å²) in [6.45, 7) is 9.92. The maximum Gasteiger partial charge on any atom is 0.126 e. The van der Waals surface area contributed by atoms with Crippen molar-refractivity contribution in [2.75, 3.05) is 0 Å². The van der Waals surface area contributed by atoms with E-state index in [9.17, 15) is 4.39 Å². The van der Waals surface area contributed by atoms with Crippen molar-refractivity contribution in [2.24, 2.45) is 11.7 Å². The van der Waals surface area contributed by atoms with Gasteiger partial charge in [-0.1, -0.05) is 13.8 Å². The Hall–Kier alpha value is -1.09. The number of hydrogen-bond donors (Lipinski definition) is 1. The summed E-state index contributed by atoms with van der Waals surface area (Å²) < 4.78 is 19.5. The van der Waals surface area contributed by atoms with Crippen molar-refractivity contribution in [3.05, 3.63) is 29.1 Å². The van der Waals surface area contributed by atoms with Gasteiger partial charge in [0.2, 0.25) is 0 Å². The van der Waals surface area contributed by atoms with Gasteiger partial charge in [0.05, 0.1) is 6.10 Å². The van der Waals surface area contributed by atoms with Crippen LogP contribution in [0.2, 0.25) is 0 Å². The van der Waals surface area contributed by atoms with E-state index >= 15 is 0 Å². The Balaban J connectivity index is 2.96. The van der Waals surface area contributed by atoms with Crippen LogP contribution in [0.25, 0.3) is 0 Å². The molecule has 0 saturated carbocycles. The van der Waals surface area contributed by atoms with E-state index in [1.165, 1.54) is 6.07 Å². The van der Waals surface area contributed by atoms with E-state index < -0.39 is 0 Å². The largest absolute Gasteiger partial charge is 0.490 e. The average molecular weight is 253 g/mol. The topological polar surface area (TPSA) is 35.2 Å². The van der Waals surface area contributed by atoms with Crippen LogP contribution in [-0.4, -0.2) is 6.10 Å². The molecule has 0 fully saturated rings. The van der Waals surface area contributed by atoms with E-state index in [1.807, 2.05) is 13.8 Å². The Labute approximate surface area is 109 Å². The van der Waals surface area contributed by atoms with Crippen LogP contribution in [0.5, 0.6) is 5.75 Å². The van der Waals surface area contributed by atoms with Gasteiger partial charge in [-0.05, 0) is 50.8 Å². The van der Waals surface area contributed by atoms with Gasteiger partial charge in [-0.25, -0.2) is 4.39 Å². The molecule has 0 saturated heterocycles. The van der Waals surface area contributed by atoms with Crippen molar-refractivity contribution in [3.63, 3.8) is 0 Å². The lowest BCUT2D eigenvalue weighted by atomic mass is 10.0. The first-order chi connectivity index (χ1) is 8.31. The fraction of sp³-hybridized carbons (Fsp3) is 0.600. The summed E-state index contributed by atoms with van der Waals surface area (Å²) in [5, 5.41) is 0. The first-order valence-corrected chi connectivity index (χ1v) is 6.53. The van der Waals surface area contributed by atoms with Crippen LogP contribution >= 0.6 is 0 Å². The van der Waals surface area contributed by atoms with E-state index in [-0.39, 0.29) is 18.0 Å². The Morgan fingerprint density at radius 2 is 1.83 bits per heavy atom. The number of halogens is 1. The van der Waals surface area contributed by atoms with Gasteiger partial charge in [-0.2, -0.15) is 0 Å². The molecule has 0 amide bonds. The molecule has 0 bridgehead atoms. The van der Waals surface area contributed by atoms with Crippen LogP contribution in [0.3, 0.4) is 0 Å². The zero-order valence-corrected chi connectivity index (χ0v) is 12.0. The van der Waals surface area contributed by atoms with Gasteiger partial charge in [0.15, 0.2) is 0 Å². The van der Waals surface area contributed by atoms with E-state index in [2.05, 4.69) is 13.8 Å². The van der Waals surface area contributed by atoms with Crippen molar-refractivity contribution < 1.29 is 9.13 Å². The van der Waals surface area contributed by atoms with Gasteiger partial charge in [-0.3, -0.25) is 0 Å². The lowest BCUT2D eigenvalue weighted by Crippen LogP contribution is -2.17. The van der Waals surface area contributed by atoms with Crippen LogP contribution in [0, 0.1) is 18.7 Å². The molecule has 2 atom stereocenters. The highest BCUT2D eigenvalue weighted by molar-refractivity contribution is 5.40. The van der Waals surface area contributed by atoms with Crippen molar-refractivity contribution in [3.8, 4) is 5.75 Å². The zero-order chi connectivity index (χ0) is 13.9. The second-order valence-electron chi connectivity index (χ2n) is 5.49. The van der Waals surface area contributed by atoms with Gasteiger partial charge >= 0.3 is 0 Å². The van der Waals surface area contributed by atoms with Crippen molar-refractivity contribution in [2.45, 2.75) is 53.2 Å². The summed E-state index contributed by atoms with van der Waals surface area (Å²) in [6, 6.07) is 2.99. The van der Waals surface area contributed by atoms with Crippen LogP contribution in [0.4, 0.5) is 4.39 Å². The van der Waals surface area contributed by atoms with Crippen LogP contribution in [-0.2, 0) is 0 Å². The minimum atomic E-state index is -0.235. The molecular weight excluding hydrogens is 229 g/mol. The van der Waals surface area contributed by atoms with Crippen LogP contribution < -0.4 is 10.5 Å². The molecule has 2 N–H and O–H groups in total. The minimum absolute atomic E-state index is 0.104. The number of nitrogens with two attached hydrogens (primary N) is 1. The smallest absolute Gasteiger partial charge is 0.126 e. The predicted molar refractivity (Wildman–Crippen MR) is 73.3 cm³/mol. The predicted octanol–water partition coefficient (Wildman–Crippen LogP) is 3.97. The zero-order valence-electron chi connectivity index (χ0n) is 12.0. The Morgan fingerprint density at radius 3 is 2.33 bits per heavy atom. The maximum absolute atomic E-state index is 13.6. The van der Waals surface area contributed by atoms with E-state index in [4.69, 9.17) is 10.5 Å². The average Bonchev–Trinajstić information content (AvgIpc) is 2.21. The van der Waals surface area contributed by atoms with Crippen molar-refractivity contribution in [1.82, 2.24) is 0 Å². The third-order valence-electron chi connectivity index (χ3n) is 2.91. The first-order valence-electron chi connectivity index (χ1n) is 6.53. The quantitative estimate of drug-likeness (QED) is 0.861. The molecule has 1 rings (SSSR count). The summed E-state index contributed by atoms with van der Waals surface area (Å²) in [4.78, 5) is 0. The minimum Gasteiger partial charge on any atom is -0.490 e. The van der Waals surface area contributed by atoms with Crippen LogP contribution in [0.1, 0.15) is 51.3 Å². The lowest BCUT2D eigenvalue weighted by molar-refractivity contribution is 0.190. The highest BCUT2D eigenvalue weighted by Crippen LogP contribution is 2.28. The highest BCUT2D eigenvalue weighted by atomic mass is 19.1. The summed E-state index contributed by atoms with van der Waals surface area (Å²) in [5.74, 6) is 1.04. The molecule has 1 aromatic carbocycles. The molecule has 2 nitrogen and oxygen atoms in total. The third-order valence-corrected chi connectivity index (χ3v) is 2.91. The number of benzene rings is 1. The summed E-state index contributed by atoms with van der Waals surface area (Å²) in [6.07, 6.45) is 1.07. The molecule has 102 valence electrons. The molecule has 0 spiro atoms. The Kier molecular flexibility index (Phi) is 5.15. The molecule has 0 aliphatic rings. The van der Waals surface area contributed by atoms with Gasteiger partial charge in [0, 0.05) is 11.6 Å².